The highest BCUT2D eigenvalue weighted by Crippen LogP contribution is 2.44. The van der Waals surface area contributed by atoms with E-state index in [-0.39, 0.29) is 43.3 Å². The van der Waals surface area contributed by atoms with E-state index < -0.39 is 46.5 Å². The van der Waals surface area contributed by atoms with Gasteiger partial charge in [-0.15, -0.1) is 0 Å². The van der Waals surface area contributed by atoms with Gasteiger partial charge in [0.05, 0.1) is 43.3 Å². The molecule has 0 radical (unpaired) electrons. The molecule has 0 bridgehead atoms. The van der Waals surface area contributed by atoms with Crippen molar-refractivity contribution in [2.75, 3.05) is 13.2 Å². The van der Waals surface area contributed by atoms with Crippen molar-refractivity contribution < 1.29 is 38.1 Å². The molecule has 0 amide bonds. The lowest BCUT2D eigenvalue weighted by Gasteiger charge is -2.20. The molecule has 8 nitrogen and oxygen atoms in total. The maximum Gasteiger partial charge on any atom is 0.423 e. The Kier molecular flexibility index (Phi) is 13.6. The van der Waals surface area contributed by atoms with E-state index in [4.69, 9.17) is 88.6 Å². The second-order valence-electron chi connectivity index (χ2n) is 12.7. The van der Waals surface area contributed by atoms with Crippen molar-refractivity contribution in [3.05, 3.63) is 53.4 Å². The third-order valence-electron chi connectivity index (χ3n) is 9.36. The summed E-state index contributed by atoms with van der Waals surface area (Å²) in [6, 6.07) is 2.26. The first-order chi connectivity index (χ1) is 22.6. The van der Waals surface area contributed by atoms with Crippen LogP contribution in [0.25, 0.3) is 0 Å². The summed E-state index contributed by atoms with van der Waals surface area (Å²) < 4.78 is 21.3. The normalized spacial score (nSPS) is 16.8. The van der Waals surface area contributed by atoms with E-state index in [1.807, 2.05) is 0 Å². The van der Waals surface area contributed by atoms with E-state index >= 15 is 0 Å². The van der Waals surface area contributed by atoms with Crippen LogP contribution < -0.4 is 9.47 Å². The third-order valence-corrected chi connectivity index (χ3v) is 11.5. The molecule has 262 valence electrons. The number of ether oxygens (including phenoxy) is 4. The first kappa shape index (κ1) is 38.9. The van der Waals surface area contributed by atoms with E-state index in [0.29, 0.717) is 48.3 Å². The molecular formula is C34H36Cl6O8. The molecular weight excluding hydrogens is 749 g/mol. The minimum Gasteiger partial charge on any atom is -0.462 e. The largest absolute Gasteiger partial charge is 0.462 e. The molecule has 0 aromatic heterocycles. The maximum atomic E-state index is 13.1. The minimum atomic E-state index is -1.64. The molecule has 2 fully saturated rings. The lowest BCUT2D eigenvalue weighted by molar-refractivity contribution is -0.156. The number of hydrogen-bond acceptors (Lipinski definition) is 8. The van der Waals surface area contributed by atoms with Gasteiger partial charge in [0.25, 0.3) is 0 Å². The van der Waals surface area contributed by atoms with E-state index in [0.717, 1.165) is 12.1 Å². The van der Waals surface area contributed by atoms with Gasteiger partial charge in [0.2, 0.25) is 0 Å². The molecule has 14 heteroatoms. The molecule has 48 heavy (non-hydrogen) atoms. The predicted octanol–water partition coefficient (Wildman–Crippen LogP) is 10.6. The van der Waals surface area contributed by atoms with Crippen LogP contribution in [0.3, 0.4) is 0 Å². The fourth-order valence-electron chi connectivity index (χ4n) is 5.51. The fraction of sp³-hybridized carbons (Fsp3) is 0.529. The van der Waals surface area contributed by atoms with Gasteiger partial charge in [-0.05, 0) is 86.2 Å². The zero-order chi connectivity index (χ0) is 35.4. The number of benzene rings is 2. The van der Waals surface area contributed by atoms with Crippen LogP contribution in [-0.2, 0) is 19.1 Å². The molecule has 0 aliphatic heterocycles. The molecule has 0 N–H and O–H groups in total. The van der Waals surface area contributed by atoms with Crippen molar-refractivity contribution in [3.8, 4) is 11.5 Å². The van der Waals surface area contributed by atoms with Gasteiger partial charge < -0.3 is 18.9 Å². The molecule has 2 aliphatic rings. The van der Waals surface area contributed by atoms with E-state index in [1.165, 1.54) is 25.7 Å². The van der Waals surface area contributed by atoms with Gasteiger partial charge >= 0.3 is 23.9 Å². The molecule has 4 rings (SSSR count). The van der Waals surface area contributed by atoms with Crippen molar-refractivity contribution in [1.29, 1.82) is 0 Å². The average Bonchev–Trinajstić information content (AvgIpc) is 3.95. The summed E-state index contributed by atoms with van der Waals surface area (Å²) in [7, 11) is 0. The summed E-state index contributed by atoms with van der Waals surface area (Å²) in [6.07, 6.45) is 5.96. The first-order valence-electron chi connectivity index (χ1n) is 15.7. The Bertz CT molecular complexity index is 1460. The average molecular weight is 785 g/mol. The number of rotatable bonds is 14. The Hall–Kier alpha value is -1.94. The van der Waals surface area contributed by atoms with Crippen molar-refractivity contribution >= 4 is 93.5 Å². The second-order valence-corrected chi connectivity index (χ2v) is 15.1. The molecule has 2 aromatic rings. The Morgan fingerprint density at radius 3 is 1.25 bits per heavy atom. The molecule has 4 unspecified atom stereocenters. The lowest BCUT2D eigenvalue weighted by Crippen LogP contribution is -2.27. The minimum absolute atomic E-state index is 0.0557. The SMILES string of the molecule is CC(CCOC(=O)c1c(Cl)c(Cl)cc(Cl)c1OC(=O)C(=O)Oc1c(Cl)cc(Cl)c(Cl)c1C(=O)OCCC(C)C(C)C1CC1)C(C)C1CC1. The Morgan fingerprint density at radius 1 is 0.604 bits per heavy atom. The van der Waals surface area contributed by atoms with Crippen LogP contribution >= 0.6 is 69.6 Å². The van der Waals surface area contributed by atoms with Crippen LogP contribution in [0.15, 0.2) is 12.1 Å². The summed E-state index contributed by atoms with van der Waals surface area (Å²) in [5.74, 6) is -3.46. The van der Waals surface area contributed by atoms with Crippen LogP contribution in [0.1, 0.15) is 86.9 Å². The third kappa shape index (κ3) is 9.64. The van der Waals surface area contributed by atoms with Gasteiger partial charge in [-0.3, -0.25) is 0 Å². The molecule has 0 heterocycles. The maximum absolute atomic E-state index is 13.1. The van der Waals surface area contributed by atoms with Gasteiger partial charge in [0, 0.05) is 0 Å². The zero-order valence-corrected chi connectivity index (χ0v) is 31.3. The number of carbonyl (C=O) groups is 4. The van der Waals surface area contributed by atoms with E-state index in [9.17, 15) is 19.2 Å². The van der Waals surface area contributed by atoms with Gasteiger partial charge in [-0.1, -0.05) is 97.3 Å². The summed E-state index contributed by atoms with van der Waals surface area (Å²) in [4.78, 5) is 52.3. The standard InChI is InChI=1S/C34H36Cl6O8/c1-15(17(3)19-5-6-19)9-11-45-31(41)25-27(39)21(35)13-23(37)29(25)47-33(43)34(44)48-30-24(38)14-22(36)28(40)26(30)32(42)46-12-10-16(2)18(4)20-7-8-20/h13-20H,5-12H2,1-4H3. The van der Waals surface area contributed by atoms with Crippen molar-refractivity contribution in [2.24, 2.45) is 35.5 Å². The topological polar surface area (TPSA) is 105 Å². The molecule has 0 spiro atoms. The highest BCUT2D eigenvalue weighted by molar-refractivity contribution is 6.47. The predicted molar refractivity (Wildman–Crippen MR) is 186 cm³/mol. The molecule has 4 atom stereocenters. The Morgan fingerprint density at radius 2 is 0.938 bits per heavy atom. The summed E-state index contributed by atoms with van der Waals surface area (Å²) >= 11 is 37.5. The van der Waals surface area contributed by atoms with Crippen molar-refractivity contribution in [3.63, 3.8) is 0 Å². The fourth-order valence-corrected chi connectivity index (χ4v) is 6.95. The summed E-state index contributed by atoms with van der Waals surface area (Å²) in [5, 5.41) is -1.46. The van der Waals surface area contributed by atoms with Gasteiger partial charge in [0.15, 0.2) is 11.5 Å². The molecule has 2 aliphatic carbocycles. The van der Waals surface area contributed by atoms with Crippen molar-refractivity contribution in [2.45, 2.75) is 66.2 Å². The molecule has 2 saturated carbocycles. The van der Waals surface area contributed by atoms with E-state index in [2.05, 4.69) is 27.7 Å². The van der Waals surface area contributed by atoms with Crippen LogP contribution in [0.5, 0.6) is 11.5 Å². The van der Waals surface area contributed by atoms with Gasteiger partial charge in [0.1, 0.15) is 11.1 Å². The first-order valence-corrected chi connectivity index (χ1v) is 18.0. The van der Waals surface area contributed by atoms with Crippen LogP contribution in [0, 0.1) is 35.5 Å². The Balaban J connectivity index is 1.47. The van der Waals surface area contributed by atoms with E-state index in [1.54, 1.807) is 0 Å². The van der Waals surface area contributed by atoms with Gasteiger partial charge in [-0.2, -0.15) is 0 Å². The smallest absolute Gasteiger partial charge is 0.423 e. The molecule has 2 aromatic carbocycles. The highest BCUT2D eigenvalue weighted by atomic mass is 35.5. The van der Waals surface area contributed by atoms with Crippen LogP contribution in [-0.4, -0.2) is 37.1 Å². The summed E-state index contributed by atoms with van der Waals surface area (Å²) in [6.45, 7) is 8.62. The Labute approximate surface area is 309 Å². The highest BCUT2D eigenvalue weighted by Gasteiger charge is 2.34. The van der Waals surface area contributed by atoms with Crippen LogP contribution in [0.4, 0.5) is 0 Å². The number of hydrogen-bond donors (Lipinski definition) is 0. The number of esters is 4. The monoisotopic (exact) mass is 782 g/mol. The second kappa shape index (κ2) is 16.8. The lowest BCUT2D eigenvalue weighted by atomic mass is 9.89. The number of carbonyl (C=O) groups excluding carboxylic acids is 4. The summed E-state index contributed by atoms with van der Waals surface area (Å²) in [5.41, 5.74) is -0.916. The molecule has 0 saturated heterocycles. The zero-order valence-electron chi connectivity index (χ0n) is 26.8. The van der Waals surface area contributed by atoms with Gasteiger partial charge in [-0.25, -0.2) is 19.2 Å². The van der Waals surface area contributed by atoms with Crippen LogP contribution in [0.2, 0.25) is 30.1 Å². The number of halogens is 6. The van der Waals surface area contributed by atoms with Crippen molar-refractivity contribution in [1.82, 2.24) is 0 Å². The quantitative estimate of drug-likeness (QED) is 0.0807.